The molecule has 0 saturated heterocycles. The molecular formula is C44H48O4. The molecular weight excluding hydrogens is 592 g/mol. The molecule has 0 fully saturated rings. The van der Waals surface area contributed by atoms with E-state index in [2.05, 4.69) is 91.8 Å². The first-order valence-electron chi connectivity index (χ1n) is 17.5. The number of fused-ring (bicyclic) bond motifs is 10. The average Bonchev–Trinajstić information content (AvgIpc) is 3.50. The fourth-order valence-electron chi connectivity index (χ4n) is 8.16. The Hall–Kier alpha value is -4.44. The number of carbonyl (C=O) groups excluding carboxylic acids is 2. The highest BCUT2D eigenvalue weighted by Crippen LogP contribution is 2.56. The van der Waals surface area contributed by atoms with Crippen molar-refractivity contribution in [2.24, 2.45) is 0 Å². The van der Waals surface area contributed by atoms with E-state index in [-0.39, 0.29) is 11.6 Å². The van der Waals surface area contributed by atoms with Gasteiger partial charge in [-0.1, -0.05) is 62.1 Å². The Balaban J connectivity index is 2.01. The average molecular weight is 641 g/mol. The van der Waals surface area contributed by atoms with E-state index in [0.29, 0.717) is 24.7 Å². The Labute approximate surface area is 285 Å². The van der Waals surface area contributed by atoms with Gasteiger partial charge in [0.05, 0.1) is 13.2 Å². The van der Waals surface area contributed by atoms with Crippen molar-refractivity contribution in [2.45, 2.75) is 94.9 Å². The van der Waals surface area contributed by atoms with Crippen molar-refractivity contribution in [1.29, 1.82) is 0 Å². The first-order chi connectivity index (χ1) is 22.9. The molecule has 0 amide bonds. The molecule has 0 radical (unpaired) electrons. The summed E-state index contributed by atoms with van der Waals surface area (Å²) in [4.78, 5) is 28.0. The Bertz CT molecular complexity index is 2060. The highest BCUT2D eigenvalue weighted by molar-refractivity contribution is 6.42. The summed E-state index contributed by atoms with van der Waals surface area (Å²) >= 11 is 0. The molecule has 0 heterocycles. The summed E-state index contributed by atoms with van der Waals surface area (Å²) in [5, 5.41) is 5.77. The van der Waals surface area contributed by atoms with Gasteiger partial charge in [-0.05, 0) is 146 Å². The standard InChI is InChI=1S/C44H48O4/c1-11-13-15-47-33-21-31-32(22-34(33)48-16-14-12-2)42-40(30(10)46)36-26(6)18-24(4)20-28(8)38(36)44(42)43-37-27(7)19-23(3)17-25(5)35(37)39(29(9)45)41(31)43/h17-22H,11-16H2,1-10H3. The molecule has 4 aliphatic carbocycles. The van der Waals surface area contributed by atoms with Gasteiger partial charge in [-0.15, -0.1) is 0 Å². The van der Waals surface area contributed by atoms with Gasteiger partial charge >= 0.3 is 0 Å². The smallest absolute Gasteiger partial charge is 0.161 e. The number of hydrogen-bond donors (Lipinski definition) is 0. The lowest BCUT2D eigenvalue weighted by Crippen LogP contribution is -2.03. The molecule has 4 nitrogen and oxygen atoms in total. The van der Waals surface area contributed by atoms with Gasteiger partial charge in [0.2, 0.25) is 0 Å². The lowest BCUT2D eigenvalue weighted by atomic mass is 9.92. The van der Waals surface area contributed by atoms with Crippen LogP contribution in [0, 0.1) is 41.5 Å². The fourth-order valence-corrected chi connectivity index (χ4v) is 8.16. The second kappa shape index (κ2) is 12.9. The minimum atomic E-state index is 0.0238. The van der Waals surface area contributed by atoms with E-state index in [0.717, 1.165) is 125 Å². The van der Waals surface area contributed by atoms with Crippen LogP contribution in [-0.2, 0) is 0 Å². The van der Waals surface area contributed by atoms with Crippen LogP contribution in [0.4, 0.5) is 0 Å². The Kier molecular flexibility index (Phi) is 8.98. The van der Waals surface area contributed by atoms with Gasteiger partial charge in [0.25, 0.3) is 0 Å². The molecule has 248 valence electrons. The van der Waals surface area contributed by atoms with Gasteiger partial charge in [0, 0.05) is 21.9 Å². The van der Waals surface area contributed by atoms with Crippen molar-refractivity contribution in [1.82, 2.24) is 0 Å². The van der Waals surface area contributed by atoms with Crippen LogP contribution in [0.15, 0.2) is 36.4 Å². The molecule has 0 N–H and O–H groups in total. The molecule has 0 aromatic heterocycles. The van der Waals surface area contributed by atoms with Crippen LogP contribution in [0.5, 0.6) is 11.5 Å². The van der Waals surface area contributed by atoms with Crippen molar-refractivity contribution in [2.75, 3.05) is 13.2 Å². The zero-order valence-corrected chi connectivity index (χ0v) is 30.3. The monoisotopic (exact) mass is 640 g/mol. The molecule has 0 atom stereocenters. The Morgan fingerprint density at radius 1 is 0.500 bits per heavy atom. The molecule has 0 bridgehead atoms. The van der Waals surface area contributed by atoms with Gasteiger partial charge in [-0.3, -0.25) is 9.59 Å². The zero-order chi connectivity index (χ0) is 34.6. The highest BCUT2D eigenvalue weighted by Gasteiger charge is 2.34. The zero-order valence-electron chi connectivity index (χ0n) is 30.3. The van der Waals surface area contributed by atoms with Crippen molar-refractivity contribution in [3.05, 3.63) is 80.9 Å². The lowest BCUT2D eigenvalue weighted by Gasteiger charge is -2.16. The van der Waals surface area contributed by atoms with Crippen LogP contribution in [-0.4, -0.2) is 24.8 Å². The highest BCUT2D eigenvalue weighted by atomic mass is 16.5. The number of unbranched alkanes of at least 4 members (excludes halogenated alkanes) is 2. The number of benzene rings is 2. The molecule has 2 aromatic rings. The van der Waals surface area contributed by atoms with Crippen LogP contribution >= 0.6 is 0 Å². The maximum Gasteiger partial charge on any atom is 0.161 e. The topological polar surface area (TPSA) is 52.6 Å². The van der Waals surface area contributed by atoms with Crippen molar-refractivity contribution < 1.29 is 19.1 Å². The van der Waals surface area contributed by atoms with E-state index in [1.165, 1.54) is 0 Å². The fraction of sp³-hybridized carbons (Fsp3) is 0.364. The van der Waals surface area contributed by atoms with Crippen LogP contribution in [0.1, 0.15) is 107 Å². The van der Waals surface area contributed by atoms with Crippen molar-refractivity contribution >= 4 is 43.9 Å². The minimum absolute atomic E-state index is 0.0238. The van der Waals surface area contributed by atoms with E-state index in [1.807, 2.05) is 0 Å². The number of carbonyl (C=O) groups is 2. The number of aryl methyl sites for hydroxylation is 6. The molecule has 0 saturated carbocycles. The lowest BCUT2D eigenvalue weighted by molar-refractivity contribution is 0.101. The van der Waals surface area contributed by atoms with Crippen molar-refractivity contribution in [3.63, 3.8) is 0 Å². The molecule has 4 heteroatoms. The molecule has 6 rings (SSSR count). The Morgan fingerprint density at radius 3 is 1.15 bits per heavy atom. The van der Waals surface area contributed by atoms with E-state index < -0.39 is 0 Å². The summed E-state index contributed by atoms with van der Waals surface area (Å²) in [6.07, 6.45) is 3.87. The predicted molar refractivity (Wildman–Crippen MR) is 201 cm³/mol. The molecule has 0 unspecified atom stereocenters. The molecule has 2 aromatic carbocycles. The second-order valence-electron chi connectivity index (χ2n) is 13.9. The van der Waals surface area contributed by atoms with E-state index in [4.69, 9.17) is 9.47 Å². The third kappa shape index (κ3) is 5.30. The number of ketones is 2. The van der Waals surface area contributed by atoms with E-state index in [1.54, 1.807) is 13.8 Å². The van der Waals surface area contributed by atoms with Crippen molar-refractivity contribution in [3.8, 4) is 33.8 Å². The largest absolute Gasteiger partial charge is 0.490 e. The SMILES string of the molecule is CCCCOc1cc2c(cc1OCCCC)c1c(C(C)=O)c3c(C)cc(C)cc(C)c-3c1c1c3c(C)cc(C)cc(C)c-3c(C(C)=O)c21. The number of rotatable bonds is 10. The normalized spacial score (nSPS) is 11.8. The summed E-state index contributed by atoms with van der Waals surface area (Å²) in [6, 6.07) is 13.0. The number of hydrogen-bond acceptors (Lipinski definition) is 4. The third-order valence-corrected chi connectivity index (χ3v) is 9.94. The summed E-state index contributed by atoms with van der Waals surface area (Å²) in [7, 11) is 0. The molecule has 48 heavy (non-hydrogen) atoms. The van der Waals surface area contributed by atoms with Crippen LogP contribution in [0.25, 0.3) is 54.6 Å². The van der Waals surface area contributed by atoms with Gasteiger partial charge in [-0.2, -0.15) is 0 Å². The quantitative estimate of drug-likeness (QED) is 0.110. The summed E-state index contributed by atoms with van der Waals surface area (Å²) in [6.45, 7) is 21.6. The second-order valence-corrected chi connectivity index (χ2v) is 13.9. The number of ether oxygens (including phenoxy) is 2. The Morgan fingerprint density at radius 2 is 0.833 bits per heavy atom. The first kappa shape index (κ1) is 33.5. The molecule has 0 aliphatic heterocycles. The van der Waals surface area contributed by atoms with Gasteiger partial charge < -0.3 is 9.47 Å². The van der Waals surface area contributed by atoms with Gasteiger partial charge in [-0.25, -0.2) is 0 Å². The predicted octanol–water partition coefficient (Wildman–Crippen LogP) is 12.0. The minimum Gasteiger partial charge on any atom is -0.490 e. The van der Waals surface area contributed by atoms with Crippen LogP contribution in [0.3, 0.4) is 0 Å². The number of Topliss-reactive ketones (excluding diaryl/α,β-unsaturated/α-hetero) is 2. The summed E-state index contributed by atoms with van der Waals surface area (Å²) in [5.74, 6) is 1.40. The third-order valence-electron chi connectivity index (χ3n) is 9.94. The van der Waals surface area contributed by atoms with E-state index in [9.17, 15) is 9.59 Å². The van der Waals surface area contributed by atoms with Gasteiger partial charge in [0.1, 0.15) is 0 Å². The summed E-state index contributed by atoms with van der Waals surface area (Å²) in [5.41, 5.74) is 12.2. The summed E-state index contributed by atoms with van der Waals surface area (Å²) < 4.78 is 12.9. The van der Waals surface area contributed by atoms with Gasteiger partial charge in [0.15, 0.2) is 23.1 Å². The first-order valence-corrected chi connectivity index (χ1v) is 17.5. The maximum absolute atomic E-state index is 14.0. The van der Waals surface area contributed by atoms with E-state index >= 15 is 0 Å². The maximum atomic E-state index is 14.0. The van der Waals surface area contributed by atoms with Crippen LogP contribution < -0.4 is 9.47 Å². The van der Waals surface area contributed by atoms with Crippen LogP contribution in [0.2, 0.25) is 0 Å². The molecule has 4 aliphatic rings. The molecule has 0 spiro atoms.